The van der Waals surface area contributed by atoms with Crippen LogP contribution >= 0.6 is 12.2 Å². The normalized spacial score (nSPS) is 19.4. The molecule has 0 bridgehead atoms. The molecular weight excluding hydrogens is 264 g/mol. The van der Waals surface area contributed by atoms with Gasteiger partial charge in [-0.15, -0.1) is 0 Å². The van der Waals surface area contributed by atoms with E-state index in [1.54, 1.807) is 30.2 Å². The molecule has 5 nitrogen and oxygen atoms in total. The summed E-state index contributed by atoms with van der Waals surface area (Å²) < 4.78 is 10.5. The smallest absolute Gasteiger partial charge is 0.338 e. The Kier molecular flexibility index (Phi) is 3.90. The Morgan fingerprint density at radius 2 is 2.37 bits per heavy atom. The number of carbonyl (C=O) groups excluding carboxylic acids is 1. The number of thiocarbonyl (C=S) groups is 1. The van der Waals surface area contributed by atoms with Crippen LogP contribution in [0, 0.1) is 0 Å². The molecule has 1 aliphatic rings. The highest BCUT2D eigenvalue weighted by atomic mass is 32.1. The van der Waals surface area contributed by atoms with Crippen LogP contribution in [0.4, 0.5) is 0 Å². The zero-order valence-corrected chi connectivity index (χ0v) is 11.9. The number of rotatable bonds is 3. The number of nitrogens with one attached hydrogen (secondary N) is 1. The van der Waals surface area contributed by atoms with Crippen molar-refractivity contribution in [2.45, 2.75) is 19.9 Å². The Balaban J connectivity index is 2.45. The summed E-state index contributed by atoms with van der Waals surface area (Å²) in [4.78, 5) is 13.9. The summed E-state index contributed by atoms with van der Waals surface area (Å²) in [6, 6.07) is 3.17. The Morgan fingerprint density at radius 1 is 1.63 bits per heavy atom. The van der Waals surface area contributed by atoms with Crippen LogP contribution in [0.15, 0.2) is 34.1 Å². The first-order valence-corrected chi connectivity index (χ1v) is 6.42. The van der Waals surface area contributed by atoms with Crippen LogP contribution in [0.2, 0.25) is 0 Å². The van der Waals surface area contributed by atoms with Gasteiger partial charge in [-0.25, -0.2) is 4.79 Å². The maximum Gasteiger partial charge on any atom is 0.338 e. The van der Waals surface area contributed by atoms with Crippen LogP contribution in [0.3, 0.4) is 0 Å². The molecule has 0 aliphatic carbocycles. The van der Waals surface area contributed by atoms with Gasteiger partial charge in [0.05, 0.1) is 18.4 Å². The van der Waals surface area contributed by atoms with E-state index in [0.29, 0.717) is 23.1 Å². The predicted octanol–water partition coefficient (Wildman–Crippen LogP) is 1.98. The molecule has 1 N–H and O–H groups in total. The highest BCUT2D eigenvalue weighted by Crippen LogP contribution is 2.30. The van der Waals surface area contributed by atoms with Gasteiger partial charge in [0, 0.05) is 12.7 Å². The summed E-state index contributed by atoms with van der Waals surface area (Å²) in [5.74, 6) is 0.279. The molecule has 1 atom stereocenters. The molecule has 1 aromatic heterocycles. The molecule has 0 aromatic carbocycles. The van der Waals surface area contributed by atoms with Gasteiger partial charge < -0.3 is 19.4 Å². The van der Waals surface area contributed by atoms with Crippen molar-refractivity contribution in [2.75, 3.05) is 13.7 Å². The van der Waals surface area contributed by atoms with Gasteiger partial charge in [0.1, 0.15) is 11.8 Å². The van der Waals surface area contributed by atoms with Crippen molar-refractivity contribution in [2.24, 2.45) is 0 Å². The minimum absolute atomic E-state index is 0.328. The van der Waals surface area contributed by atoms with Crippen LogP contribution in [0.1, 0.15) is 25.6 Å². The summed E-state index contributed by atoms with van der Waals surface area (Å²) in [6.07, 6.45) is 1.57. The lowest BCUT2D eigenvalue weighted by atomic mass is 10.0. The lowest BCUT2D eigenvalue weighted by molar-refractivity contribution is -0.139. The number of ether oxygens (including phenoxy) is 1. The van der Waals surface area contributed by atoms with Crippen molar-refractivity contribution in [1.29, 1.82) is 0 Å². The molecule has 0 saturated heterocycles. The van der Waals surface area contributed by atoms with Crippen LogP contribution in [-0.2, 0) is 9.53 Å². The van der Waals surface area contributed by atoms with Crippen molar-refractivity contribution in [3.63, 3.8) is 0 Å². The van der Waals surface area contributed by atoms with E-state index in [1.165, 1.54) is 0 Å². The Morgan fingerprint density at radius 3 is 2.95 bits per heavy atom. The lowest BCUT2D eigenvalue weighted by Gasteiger charge is -2.34. The third-order valence-corrected chi connectivity index (χ3v) is 3.47. The van der Waals surface area contributed by atoms with E-state index in [0.717, 1.165) is 5.70 Å². The van der Waals surface area contributed by atoms with E-state index >= 15 is 0 Å². The van der Waals surface area contributed by atoms with Gasteiger partial charge in [0.2, 0.25) is 0 Å². The van der Waals surface area contributed by atoms with Crippen LogP contribution in [-0.4, -0.2) is 29.6 Å². The van der Waals surface area contributed by atoms with Crippen molar-refractivity contribution in [3.8, 4) is 0 Å². The van der Waals surface area contributed by atoms with Crippen LogP contribution in [0.25, 0.3) is 0 Å². The predicted molar refractivity (Wildman–Crippen MR) is 74.3 cm³/mol. The minimum atomic E-state index is -0.405. The zero-order chi connectivity index (χ0) is 14.0. The van der Waals surface area contributed by atoms with E-state index in [1.807, 2.05) is 14.0 Å². The molecule has 0 spiro atoms. The Hall–Kier alpha value is -1.82. The molecule has 1 unspecified atom stereocenters. The molecule has 102 valence electrons. The van der Waals surface area contributed by atoms with Gasteiger partial charge in [-0.2, -0.15) is 0 Å². The van der Waals surface area contributed by atoms with Gasteiger partial charge in [-0.1, -0.05) is 0 Å². The number of furan rings is 1. The first-order chi connectivity index (χ1) is 9.06. The van der Waals surface area contributed by atoms with Crippen molar-refractivity contribution in [1.82, 2.24) is 10.2 Å². The third-order valence-electron chi connectivity index (χ3n) is 3.08. The number of hydrogen-bond donors (Lipinski definition) is 1. The molecule has 0 amide bonds. The number of nitrogens with zero attached hydrogens (tertiary/aromatic N) is 1. The highest BCUT2D eigenvalue weighted by Gasteiger charge is 2.34. The molecular formula is C13H16N2O3S. The SMILES string of the molecule is CCOC(=O)C1=C(C)N(C)C(=S)NC1c1ccco1. The Labute approximate surface area is 117 Å². The second-order valence-electron chi connectivity index (χ2n) is 4.18. The maximum absolute atomic E-state index is 12.1. The quantitative estimate of drug-likeness (QED) is 0.675. The third kappa shape index (κ3) is 2.49. The van der Waals surface area contributed by atoms with Crippen LogP contribution < -0.4 is 5.32 Å². The van der Waals surface area contributed by atoms with Crippen molar-refractivity contribution < 1.29 is 13.9 Å². The number of esters is 1. The van der Waals surface area contributed by atoms with Gasteiger partial charge >= 0.3 is 5.97 Å². The fourth-order valence-electron chi connectivity index (χ4n) is 1.98. The number of allylic oxidation sites excluding steroid dienone is 1. The minimum Gasteiger partial charge on any atom is -0.467 e. The largest absolute Gasteiger partial charge is 0.467 e. The molecule has 2 heterocycles. The second kappa shape index (κ2) is 5.44. The lowest BCUT2D eigenvalue weighted by Crippen LogP contribution is -2.46. The fraction of sp³-hybridized carbons (Fsp3) is 0.385. The summed E-state index contributed by atoms with van der Waals surface area (Å²) >= 11 is 5.25. The van der Waals surface area contributed by atoms with Gasteiger partial charge in [-0.3, -0.25) is 0 Å². The maximum atomic E-state index is 12.1. The van der Waals surface area contributed by atoms with Gasteiger partial charge in [0.25, 0.3) is 0 Å². The fourth-order valence-corrected chi connectivity index (χ4v) is 2.23. The van der Waals surface area contributed by atoms with Gasteiger partial charge in [0.15, 0.2) is 5.11 Å². The zero-order valence-electron chi connectivity index (χ0n) is 11.1. The summed E-state index contributed by atoms with van der Waals surface area (Å²) in [7, 11) is 1.81. The van der Waals surface area contributed by atoms with E-state index in [9.17, 15) is 4.79 Å². The number of carbonyl (C=O) groups is 1. The number of hydrogen-bond acceptors (Lipinski definition) is 4. The van der Waals surface area contributed by atoms with E-state index < -0.39 is 6.04 Å². The highest BCUT2D eigenvalue weighted by molar-refractivity contribution is 7.80. The topological polar surface area (TPSA) is 54.7 Å². The molecule has 1 aliphatic heterocycles. The monoisotopic (exact) mass is 280 g/mol. The summed E-state index contributed by atoms with van der Waals surface area (Å²) in [5, 5.41) is 3.64. The van der Waals surface area contributed by atoms with Crippen LogP contribution in [0.5, 0.6) is 0 Å². The van der Waals surface area contributed by atoms with E-state index in [-0.39, 0.29) is 5.97 Å². The average Bonchev–Trinajstić information content (AvgIpc) is 2.89. The van der Waals surface area contributed by atoms with Gasteiger partial charge in [-0.05, 0) is 38.2 Å². The van der Waals surface area contributed by atoms with Crippen molar-refractivity contribution in [3.05, 3.63) is 35.4 Å². The molecule has 2 rings (SSSR count). The average molecular weight is 280 g/mol. The molecule has 1 aromatic rings. The molecule has 0 radical (unpaired) electrons. The van der Waals surface area contributed by atoms with E-state index in [4.69, 9.17) is 21.4 Å². The van der Waals surface area contributed by atoms with Crippen molar-refractivity contribution >= 4 is 23.3 Å². The molecule has 19 heavy (non-hydrogen) atoms. The van der Waals surface area contributed by atoms with E-state index in [2.05, 4.69) is 5.32 Å². The standard InChI is InChI=1S/C13H16N2O3S/c1-4-17-12(16)10-8(2)15(3)13(19)14-11(10)9-6-5-7-18-9/h5-7,11H,4H2,1-3H3,(H,14,19). The molecule has 0 fully saturated rings. The second-order valence-corrected chi connectivity index (χ2v) is 4.56. The molecule has 0 saturated carbocycles. The molecule has 6 heteroatoms. The first-order valence-electron chi connectivity index (χ1n) is 6.01. The Bertz CT molecular complexity index is 522. The summed E-state index contributed by atoms with van der Waals surface area (Å²) in [5.41, 5.74) is 1.29. The summed E-state index contributed by atoms with van der Waals surface area (Å²) in [6.45, 7) is 3.95. The first kappa shape index (κ1) is 13.6.